The molecule has 12 heteroatoms. The molecule has 0 fully saturated rings. The van der Waals surface area contributed by atoms with Gasteiger partial charge in [0.2, 0.25) is 11.7 Å². The summed E-state index contributed by atoms with van der Waals surface area (Å²) in [6, 6.07) is 19.3. The molecule has 4 aromatic rings. The Labute approximate surface area is 210 Å². The van der Waals surface area contributed by atoms with Crippen LogP contribution in [-0.4, -0.2) is 25.9 Å². The summed E-state index contributed by atoms with van der Waals surface area (Å²) in [5.74, 6) is -0.115. The number of nitro benzene ring substituents is 1. The second kappa shape index (κ2) is 10.6. The van der Waals surface area contributed by atoms with E-state index >= 15 is 0 Å². The quantitative estimate of drug-likeness (QED) is 0.0684. The highest BCUT2D eigenvalue weighted by molar-refractivity contribution is 9.10. The molecule has 1 N–H and O–H groups in total. The van der Waals surface area contributed by atoms with Crippen molar-refractivity contribution >= 4 is 61.5 Å². The molecule has 0 amide bonds. The van der Waals surface area contributed by atoms with Crippen LogP contribution in [0.4, 0.5) is 11.4 Å². The van der Waals surface area contributed by atoms with Crippen LogP contribution in [0.25, 0.3) is 11.5 Å². The Morgan fingerprint density at radius 1 is 1.03 bits per heavy atom. The van der Waals surface area contributed by atoms with Crippen molar-refractivity contribution in [3.05, 3.63) is 98.0 Å². The molecule has 4 rings (SSSR count). The number of hydrogen-bond donors (Lipinski definition) is 1. The van der Waals surface area contributed by atoms with Crippen molar-refractivity contribution in [2.45, 2.75) is 5.22 Å². The lowest BCUT2D eigenvalue weighted by Crippen LogP contribution is -2.13. The monoisotopic (exact) mass is 557 g/mol. The molecule has 0 aliphatic carbocycles. The number of thioether (sulfide) groups is 1. The highest BCUT2D eigenvalue weighted by Crippen LogP contribution is 2.27. The van der Waals surface area contributed by atoms with E-state index in [1.54, 1.807) is 48.5 Å². The van der Waals surface area contributed by atoms with E-state index < -0.39 is 4.92 Å². The number of nitrogens with one attached hydrogen (secondary N) is 1. The first-order valence-corrected chi connectivity index (χ1v) is 11.5. The fraction of sp³-hybridized carbons (Fsp3) is 0. The van der Waals surface area contributed by atoms with E-state index in [1.807, 2.05) is 0 Å². The van der Waals surface area contributed by atoms with Crippen molar-refractivity contribution in [1.29, 1.82) is 0 Å². The maximum Gasteiger partial charge on any atom is 0.283 e. The minimum absolute atomic E-state index is 0.0342. The van der Waals surface area contributed by atoms with Gasteiger partial charge in [-0.15, -0.1) is 10.2 Å². The van der Waals surface area contributed by atoms with E-state index in [4.69, 9.17) is 16.0 Å². The van der Waals surface area contributed by atoms with E-state index in [2.05, 4.69) is 36.7 Å². The largest absolute Gasteiger partial charge is 0.411 e. The Bertz CT molecular complexity index is 1360. The standard InChI is InChI=1S/C22H13BrClN5O4S/c23-15-5-1-13(2-6-15)19(30)21(27-25-17-9-11-18(12-10-17)29(31)32)34-22-28-26-20(33-22)14-3-7-16(24)8-4-14/h1-12,25H/b27-21+. The summed E-state index contributed by atoms with van der Waals surface area (Å²) in [5, 5.41) is 23.8. The van der Waals surface area contributed by atoms with Gasteiger partial charge in [-0.05, 0) is 72.4 Å². The average Bonchev–Trinajstić information content (AvgIpc) is 3.31. The van der Waals surface area contributed by atoms with Crippen LogP contribution >= 0.6 is 39.3 Å². The number of aromatic nitrogens is 2. The first-order valence-electron chi connectivity index (χ1n) is 9.55. The number of hydrazone groups is 1. The van der Waals surface area contributed by atoms with Crippen LogP contribution in [-0.2, 0) is 0 Å². The fourth-order valence-electron chi connectivity index (χ4n) is 2.66. The highest BCUT2D eigenvalue weighted by Gasteiger charge is 2.20. The molecule has 0 spiro atoms. The van der Waals surface area contributed by atoms with Crippen molar-refractivity contribution in [3.8, 4) is 11.5 Å². The second-order valence-corrected chi connectivity index (χ2v) is 8.94. The third-order valence-electron chi connectivity index (χ3n) is 4.35. The second-order valence-electron chi connectivity index (χ2n) is 6.65. The number of ketones is 1. The molecule has 0 saturated carbocycles. The number of carbonyl (C=O) groups excluding carboxylic acids is 1. The van der Waals surface area contributed by atoms with Gasteiger partial charge >= 0.3 is 0 Å². The number of rotatable bonds is 7. The van der Waals surface area contributed by atoms with Gasteiger partial charge in [0.25, 0.3) is 10.9 Å². The zero-order valence-corrected chi connectivity index (χ0v) is 20.2. The van der Waals surface area contributed by atoms with Crippen LogP contribution in [0.1, 0.15) is 10.4 Å². The normalized spacial score (nSPS) is 11.3. The zero-order valence-electron chi connectivity index (χ0n) is 17.0. The SMILES string of the molecule is O=C(/C(=N\Nc1ccc([N+](=O)[O-])cc1)Sc1nnc(-c2ccc(Cl)cc2)o1)c1ccc(Br)cc1. The summed E-state index contributed by atoms with van der Waals surface area (Å²) in [6.45, 7) is 0. The van der Waals surface area contributed by atoms with Gasteiger partial charge < -0.3 is 4.42 Å². The smallest absolute Gasteiger partial charge is 0.283 e. The first-order chi connectivity index (χ1) is 16.4. The third-order valence-corrected chi connectivity index (χ3v) is 5.94. The van der Waals surface area contributed by atoms with Gasteiger partial charge in [0.1, 0.15) is 0 Å². The van der Waals surface area contributed by atoms with Crippen molar-refractivity contribution in [2.75, 3.05) is 5.43 Å². The minimum atomic E-state index is -0.501. The lowest BCUT2D eigenvalue weighted by molar-refractivity contribution is -0.384. The molecule has 9 nitrogen and oxygen atoms in total. The summed E-state index contributed by atoms with van der Waals surface area (Å²) in [6.07, 6.45) is 0. The molecule has 0 aliphatic heterocycles. The topological polar surface area (TPSA) is 124 Å². The summed E-state index contributed by atoms with van der Waals surface area (Å²) >= 11 is 10.2. The Kier molecular flexibility index (Phi) is 7.36. The molecule has 0 saturated heterocycles. The van der Waals surface area contributed by atoms with Gasteiger partial charge in [-0.2, -0.15) is 5.10 Å². The molecule has 170 valence electrons. The maximum atomic E-state index is 13.1. The van der Waals surface area contributed by atoms with Crippen molar-refractivity contribution < 1.29 is 14.1 Å². The van der Waals surface area contributed by atoms with E-state index in [-0.39, 0.29) is 27.6 Å². The molecule has 1 heterocycles. The molecular weight excluding hydrogens is 546 g/mol. The number of halogens is 2. The Hall–Kier alpha value is -3.54. The van der Waals surface area contributed by atoms with E-state index in [0.29, 0.717) is 21.8 Å². The Morgan fingerprint density at radius 3 is 2.35 bits per heavy atom. The first kappa shape index (κ1) is 23.6. The molecule has 3 aromatic carbocycles. The zero-order chi connectivity index (χ0) is 24.1. The summed E-state index contributed by atoms with van der Waals surface area (Å²) in [5.41, 5.74) is 4.22. The number of hydrogen-bond acceptors (Lipinski definition) is 9. The number of carbonyl (C=O) groups is 1. The predicted octanol–water partition coefficient (Wildman–Crippen LogP) is 6.46. The van der Waals surface area contributed by atoms with E-state index in [0.717, 1.165) is 16.2 Å². The lowest BCUT2D eigenvalue weighted by atomic mass is 10.1. The van der Waals surface area contributed by atoms with Crippen LogP contribution in [0, 0.1) is 10.1 Å². The van der Waals surface area contributed by atoms with E-state index in [1.165, 1.54) is 24.3 Å². The van der Waals surface area contributed by atoms with Crippen LogP contribution in [0.3, 0.4) is 0 Å². The molecule has 0 bridgehead atoms. The van der Waals surface area contributed by atoms with Gasteiger partial charge in [0, 0.05) is 32.8 Å². The van der Waals surface area contributed by atoms with Crippen LogP contribution < -0.4 is 5.43 Å². The van der Waals surface area contributed by atoms with Gasteiger partial charge in [0.05, 0.1) is 10.6 Å². The van der Waals surface area contributed by atoms with Gasteiger partial charge in [-0.25, -0.2) is 0 Å². The molecule has 0 radical (unpaired) electrons. The summed E-state index contributed by atoms with van der Waals surface area (Å²) in [4.78, 5) is 23.5. The summed E-state index contributed by atoms with van der Waals surface area (Å²) in [7, 11) is 0. The maximum absolute atomic E-state index is 13.1. The molecule has 1 aromatic heterocycles. The number of anilines is 1. The van der Waals surface area contributed by atoms with Crippen molar-refractivity contribution in [2.24, 2.45) is 5.10 Å². The molecule has 0 aliphatic rings. The van der Waals surface area contributed by atoms with Crippen molar-refractivity contribution in [3.63, 3.8) is 0 Å². The average molecular weight is 559 g/mol. The number of nitro groups is 1. The fourth-order valence-corrected chi connectivity index (χ4v) is 3.72. The van der Waals surface area contributed by atoms with Crippen LogP contribution in [0.5, 0.6) is 0 Å². The highest BCUT2D eigenvalue weighted by atomic mass is 79.9. The number of Topliss-reactive ketones (excluding diaryl/α,β-unsaturated/α-hetero) is 1. The third kappa shape index (κ3) is 5.87. The molecule has 0 unspecified atom stereocenters. The Balaban J connectivity index is 1.60. The lowest BCUT2D eigenvalue weighted by Gasteiger charge is -2.05. The molecule has 34 heavy (non-hydrogen) atoms. The van der Waals surface area contributed by atoms with Gasteiger partial charge in [-0.3, -0.25) is 20.3 Å². The van der Waals surface area contributed by atoms with Crippen LogP contribution in [0.2, 0.25) is 5.02 Å². The number of non-ortho nitro benzene ring substituents is 1. The predicted molar refractivity (Wildman–Crippen MR) is 133 cm³/mol. The minimum Gasteiger partial charge on any atom is -0.411 e. The molecule has 0 atom stereocenters. The summed E-state index contributed by atoms with van der Waals surface area (Å²) < 4.78 is 6.52. The van der Waals surface area contributed by atoms with Crippen LogP contribution in [0.15, 0.2) is 92.0 Å². The van der Waals surface area contributed by atoms with Crippen molar-refractivity contribution in [1.82, 2.24) is 10.2 Å². The van der Waals surface area contributed by atoms with Gasteiger partial charge in [-0.1, -0.05) is 27.5 Å². The number of benzene rings is 3. The van der Waals surface area contributed by atoms with E-state index in [9.17, 15) is 14.9 Å². The molecular formula is C22H13BrClN5O4S. The Morgan fingerprint density at radius 2 is 1.71 bits per heavy atom. The van der Waals surface area contributed by atoms with Gasteiger partial charge in [0.15, 0.2) is 5.04 Å². The number of nitrogens with zero attached hydrogens (tertiary/aromatic N) is 4.